The predicted octanol–water partition coefficient (Wildman–Crippen LogP) is 1.78. The quantitative estimate of drug-likeness (QED) is 0.623. The number of thiazole rings is 1. The van der Waals surface area contributed by atoms with Crippen molar-refractivity contribution in [3.8, 4) is 6.07 Å². The van der Waals surface area contributed by atoms with E-state index in [1.165, 1.54) is 11.3 Å². The lowest BCUT2D eigenvalue weighted by Gasteiger charge is -1.66. The zero-order chi connectivity index (χ0) is 5.98. The van der Waals surface area contributed by atoms with E-state index < -0.39 is 0 Å². The molecule has 0 fully saturated rings. The Morgan fingerprint density at radius 3 is 2.88 bits per heavy atom. The van der Waals surface area contributed by atoms with Gasteiger partial charge in [-0.1, -0.05) is 0 Å². The molecule has 0 saturated heterocycles. The molecule has 8 heavy (non-hydrogen) atoms. The first-order valence-electron chi connectivity index (χ1n) is 1.84. The van der Waals surface area contributed by atoms with Gasteiger partial charge in [0.25, 0.3) is 0 Å². The second-order valence-electron chi connectivity index (χ2n) is 1.09. The van der Waals surface area contributed by atoms with E-state index >= 15 is 0 Å². The van der Waals surface area contributed by atoms with Gasteiger partial charge in [0.15, 0.2) is 5.01 Å². The SMILES string of the molecule is N#Cc1nc(Br)cs1. The monoisotopic (exact) mass is 188 g/mol. The van der Waals surface area contributed by atoms with E-state index in [0.717, 1.165) is 4.60 Å². The van der Waals surface area contributed by atoms with Crippen LogP contribution in [-0.2, 0) is 0 Å². The molecule has 2 nitrogen and oxygen atoms in total. The molecule has 1 aromatic rings. The van der Waals surface area contributed by atoms with Crippen LogP contribution in [0.15, 0.2) is 9.98 Å². The van der Waals surface area contributed by atoms with E-state index in [1.807, 2.05) is 6.07 Å². The van der Waals surface area contributed by atoms with Gasteiger partial charge in [-0.15, -0.1) is 11.3 Å². The molecule has 0 unspecified atom stereocenters. The Balaban J connectivity index is 3.05. The number of hydrogen-bond donors (Lipinski definition) is 0. The van der Waals surface area contributed by atoms with Crippen molar-refractivity contribution in [2.24, 2.45) is 0 Å². The second kappa shape index (κ2) is 2.25. The zero-order valence-corrected chi connectivity index (χ0v) is 6.16. The molecule has 0 amide bonds. The first kappa shape index (κ1) is 5.73. The summed E-state index contributed by atoms with van der Waals surface area (Å²) < 4.78 is 0.735. The highest BCUT2D eigenvalue weighted by Gasteiger charge is 1.93. The molecule has 0 bridgehead atoms. The summed E-state index contributed by atoms with van der Waals surface area (Å²) in [6.45, 7) is 0. The largest absolute Gasteiger partial charge is 0.219 e. The van der Waals surface area contributed by atoms with E-state index in [9.17, 15) is 0 Å². The Morgan fingerprint density at radius 2 is 2.62 bits per heavy atom. The van der Waals surface area contributed by atoms with Crippen LogP contribution >= 0.6 is 27.3 Å². The molecule has 1 aromatic heterocycles. The minimum atomic E-state index is 0.497. The third kappa shape index (κ3) is 1.05. The van der Waals surface area contributed by atoms with Crippen molar-refractivity contribution in [2.45, 2.75) is 0 Å². The molecule has 0 aliphatic carbocycles. The van der Waals surface area contributed by atoms with Crippen LogP contribution in [0.2, 0.25) is 0 Å². The molecule has 0 spiro atoms. The molecule has 0 aliphatic heterocycles. The lowest BCUT2D eigenvalue weighted by Crippen LogP contribution is -1.65. The molecule has 0 aromatic carbocycles. The maximum atomic E-state index is 8.23. The highest BCUT2D eigenvalue weighted by molar-refractivity contribution is 9.10. The molecule has 0 atom stereocenters. The van der Waals surface area contributed by atoms with Crippen LogP contribution in [0.1, 0.15) is 5.01 Å². The molecule has 1 heterocycles. The lowest BCUT2D eigenvalue weighted by molar-refractivity contribution is 1.31. The summed E-state index contributed by atoms with van der Waals surface area (Å²) in [4.78, 5) is 3.80. The van der Waals surface area contributed by atoms with E-state index in [1.54, 1.807) is 5.38 Å². The highest BCUT2D eigenvalue weighted by Crippen LogP contribution is 2.12. The third-order valence-electron chi connectivity index (χ3n) is 0.572. The van der Waals surface area contributed by atoms with Gasteiger partial charge in [0.2, 0.25) is 0 Å². The molecular formula is C4HBrN2S. The van der Waals surface area contributed by atoms with E-state index in [0.29, 0.717) is 5.01 Å². The summed E-state index contributed by atoms with van der Waals surface area (Å²) in [5, 5.41) is 10.5. The van der Waals surface area contributed by atoms with E-state index in [-0.39, 0.29) is 0 Å². The van der Waals surface area contributed by atoms with Crippen LogP contribution < -0.4 is 0 Å². The van der Waals surface area contributed by atoms with Crippen molar-refractivity contribution in [1.82, 2.24) is 4.98 Å². The van der Waals surface area contributed by atoms with Gasteiger partial charge < -0.3 is 0 Å². The van der Waals surface area contributed by atoms with Crippen LogP contribution in [0.5, 0.6) is 0 Å². The molecule has 0 aliphatic rings. The summed E-state index contributed by atoms with van der Waals surface area (Å²) in [6, 6.07) is 1.93. The molecule has 0 radical (unpaired) electrons. The van der Waals surface area contributed by atoms with Crippen LogP contribution in [0.4, 0.5) is 0 Å². The smallest absolute Gasteiger partial charge is 0.195 e. The fourth-order valence-electron chi connectivity index (χ4n) is 0.306. The molecule has 4 heteroatoms. The van der Waals surface area contributed by atoms with Crippen molar-refractivity contribution < 1.29 is 0 Å². The lowest BCUT2D eigenvalue weighted by atomic mass is 10.8. The molecular weight excluding hydrogens is 188 g/mol. The van der Waals surface area contributed by atoms with E-state index in [4.69, 9.17) is 5.26 Å². The topological polar surface area (TPSA) is 36.7 Å². The van der Waals surface area contributed by atoms with Crippen molar-refractivity contribution in [3.63, 3.8) is 0 Å². The number of aromatic nitrogens is 1. The Hall–Kier alpha value is -0.400. The van der Waals surface area contributed by atoms with Crippen LogP contribution in [-0.4, -0.2) is 4.98 Å². The van der Waals surface area contributed by atoms with Gasteiger partial charge in [-0.05, 0) is 15.9 Å². The maximum absolute atomic E-state index is 8.23. The maximum Gasteiger partial charge on any atom is 0.195 e. The first-order chi connectivity index (χ1) is 3.83. The Labute approximate surface area is 58.9 Å². The van der Waals surface area contributed by atoms with Crippen molar-refractivity contribution in [1.29, 1.82) is 5.26 Å². The van der Waals surface area contributed by atoms with Crippen molar-refractivity contribution in [2.75, 3.05) is 0 Å². The Bertz CT molecular complexity index is 224. The minimum absolute atomic E-state index is 0.497. The standard InChI is InChI=1S/C4HBrN2S/c5-3-2-8-4(1-6)7-3/h2H. The van der Waals surface area contributed by atoms with Gasteiger partial charge in [0.1, 0.15) is 10.7 Å². The molecule has 40 valence electrons. The minimum Gasteiger partial charge on any atom is -0.219 e. The van der Waals surface area contributed by atoms with Gasteiger partial charge in [0.05, 0.1) is 0 Å². The fraction of sp³-hybridized carbons (Fsp3) is 0. The van der Waals surface area contributed by atoms with Crippen molar-refractivity contribution >= 4 is 27.3 Å². The Morgan fingerprint density at radius 1 is 1.88 bits per heavy atom. The summed E-state index contributed by atoms with van der Waals surface area (Å²) in [5.74, 6) is 0. The average molecular weight is 189 g/mol. The van der Waals surface area contributed by atoms with E-state index in [2.05, 4.69) is 20.9 Å². The number of hydrogen-bond acceptors (Lipinski definition) is 3. The summed E-state index contributed by atoms with van der Waals surface area (Å²) in [7, 11) is 0. The van der Waals surface area contributed by atoms with Crippen LogP contribution in [0, 0.1) is 11.3 Å². The Kier molecular flexibility index (Phi) is 1.61. The second-order valence-corrected chi connectivity index (χ2v) is 2.76. The van der Waals surface area contributed by atoms with Gasteiger partial charge >= 0.3 is 0 Å². The average Bonchev–Trinajstić information content (AvgIpc) is 2.14. The molecule has 0 saturated carbocycles. The van der Waals surface area contributed by atoms with Crippen molar-refractivity contribution in [3.05, 3.63) is 15.0 Å². The summed E-state index contributed by atoms with van der Waals surface area (Å²) in [5.41, 5.74) is 0. The van der Waals surface area contributed by atoms with Gasteiger partial charge in [-0.3, -0.25) is 0 Å². The van der Waals surface area contributed by atoms with Crippen LogP contribution in [0.25, 0.3) is 0 Å². The highest BCUT2D eigenvalue weighted by atomic mass is 79.9. The number of nitrogens with zero attached hydrogens (tertiary/aromatic N) is 2. The van der Waals surface area contributed by atoms with Gasteiger partial charge in [-0.2, -0.15) is 5.26 Å². The number of halogens is 1. The van der Waals surface area contributed by atoms with Gasteiger partial charge in [0, 0.05) is 5.38 Å². The summed E-state index contributed by atoms with van der Waals surface area (Å²) in [6.07, 6.45) is 0. The summed E-state index contributed by atoms with van der Waals surface area (Å²) >= 11 is 4.45. The van der Waals surface area contributed by atoms with Crippen LogP contribution in [0.3, 0.4) is 0 Å². The predicted molar refractivity (Wildman–Crippen MR) is 34.5 cm³/mol. The third-order valence-corrected chi connectivity index (χ3v) is 2.03. The first-order valence-corrected chi connectivity index (χ1v) is 3.51. The fourth-order valence-corrected chi connectivity index (χ4v) is 1.35. The number of nitriles is 1. The molecule has 1 rings (SSSR count). The normalized spacial score (nSPS) is 8.50. The number of rotatable bonds is 0. The zero-order valence-electron chi connectivity index (χ0n) is 3.76. The van der Waals surface area contributed by atoms with Gasteiger partial charge in [-0.25, -0.2) is 4.98 Å². The molecule has 0 N–H and O–H groups in total.